The summed E-state index contributed by atoms with van der Waals surface area (Å²) in [5.74, 6) is 0.114. The molecule has 2 aromatic carbocycles. The number of nitrogens with one attached hydrogen (secondary N) is 1. The highest BCUT2D eigenvalue weighted by Crippen LogP contribution is 2.31. The molecule has 7 heteroatoms. The van der Waals surface area contributed by atoms with Gasteiger partial charge in [-0.1, -0.05) is 39.1 Å². The van der Waals surface area contributed by atoms with Gasteiger partial charge in [-0.15, -0.1) is 0 Å². The molecule has 0 fully saturated rings. The number of nitrogens with zero attached hydrogens (tertiary/aromatic N) is 1. The Labute approximate surface area is 146 Å². The number of rotatable bonds is 4. The van der Waals surface area contributed by atoms with Crippen molar-refractivity contribution >= 4 is 51.3 Å². The van der Waals surface area contributed by atoms with Crippen LogP contribution in [0.4, 0.5) is 0 Å². The molecule has 1 N–H and O–H groups in total. The van der Waals surface area contributed by atoms with Crippen molar-refractivity contribution < 1.29 is 9.53 Å². The lowest BCUT2D eigenvalue weighted by Crippen LogP contribution is -2.17. The highest BCUT2D eigenvalue weighted by atomic mass is 79.9. The second kappa shape index (κ2) is 7.63. The van der Waals surface area contributed by atoms with Crippen LogP contribution in [0.1, 0.15) is 15.9 Å². The number of amides is 1. The van der Waals surface area contributed by atoms with E-state index in [1.807, 2.05) is 0 Å². The van der Waals surface area contributed by atoms with Gasteiger partial charge in [0.05, 0.1) is 18.3 Å². The molecule has 22 heavy (non-hydrogen) atoms. The minimum absolute atomic E-state index is 0.323. The smallest absolute Gasteiger partial charge is 0.271 e. The topological polar surface area (TPSA) is 50.7 Å². The van der Waals surface area contributed by atoms with Crippen molar-refractivity contribution in [2.24, 2.45) is 5.10 Å². The van der Waals surface area contributed by atoms with Gasteiger partial charge in [0, 0.05) is 20.6 Å². The summed E-state index contributed by atoms with van der Waals surface area (Å²) in [4.78, 5) is 11.9. The molecular weight excluding hydrogens is 391 g/mol. The van der Waals surface area contributed by atoms with Gasteiger partial charge in [0.2, 0.25) is 0 Å². The maximum atomic E-state index is 11.9. The second-order valence-corrected chi connectivity index (χ2v) is 5.98. The Kier molecular flexibility index (Phi) is 5.83. The maximum absolute atomic E-state index is 11.9. The van der Waals surface area contributed by atoms with E-state index in [1.165, 1.54) is 13.3 Å². The lowest BCUT2D eigenvalue weighted by molar-refractivity contribution is 0.0955. The van der Waals surface area contributed by atoms with Gasteiger partial charge in [0.1, 0.15) is 5.75 Å². The van der Waals surface area contributed by atoms with Crippen molar-refractivity contribution in [3.05, 3.63) is 62.0 Å². The Morgan fingerprint density at radius 1 is 1.27 bits per heavy atom. The van der Waals surface area contributed by atoms with Crippen LogP contribution in [0.15, 0.2) is 46.0 Å². The first-order valence-electron chi connectivity index (χ1n) is 6.13. The molecule has 0 atom stereocenters. The van der Waals surface area contributed by atoms with E-state index in [9.17, 15) is 4.79 Å². The van der Waals surface area contributed by atoms with Crippen LogP contribution in [0, 0.1) is 0 Å². The van der Waals surface area contributed by atoms with E-state index in [0.717, 1.165) is 4.47 Å². The highest BCUT2D eigenvalue weighted by Gasteiger charge is 2.08. The third-order valence-electron chi connectivity index (χ3n) is 2.72. The van der Waals surface area contributed by atoms with Crippen LogP contribution in [0.3, 0.4) is 0 Å². The summed E-state index contributed by atoms with van der Waals surface area (Å²) < 4.78 is 6.08. The van der Waals surface area contributed by atoms with E-state index in [-0.39, 0.29) is 5.91 Å². The Balaban J connectivity index is 2.12. The van der Waals surface area contributed by atoms with Gasteiger partial charge in [-0.05, 0) is 36.4 Å². The van der Waals surface area contributed by atoms with Crippen LogP contribution in [0.25, 0.3) is 0 Å². The SMILES string of the molecule is COc1c(Cl)cc(Cl)cc1/C=N\NC(=O)c1ccc(Br)cc1. The summed E-state index contributed by atoms with van der Waals surface area (Å²) in [6, 6.07) is 10.1. The van der Waals surface area contributed by atoms with E-state index in [1.54, 1.807) is 36.4 Å². The monoisotopic (exact) mass is 400 g/mol. The van der Waals surface area contributed by atoms with Crippen molar-refractivity contribution in [2.45, 2.75) is 0 Å². The van der Waals surface area contributed by atoms with Crippen molar-refractivity contribution in [3.63, 3.8) is 0 Å². The fourth-order valence-electron chi connectivity index (χ4n) is 1.72. The molecular formula is C15H11BrCl2N2O2. The van der Waals surface area contributed by atoms with Crippen molar-refractivity contribution in [1.29, 1.82) is 0 Å². The normalized spacial score (nSPS) is 10.7. The number of methoxy groups -OCH3 is 1. The summed E-state index contributed by atoms with van der Waals surface area (Å²) >= 11 is 15.3. The molecule has 4 nitrogen and oxygen atoms in total. The minimum atomic E-state index is -0.323. The molecule has 0 aliphatic heterocycles. The van der Waals surface area contributed by atoms with E-state index in [0.29, 0.717) is 26.9 Å². The molecule has 0 aliphatic carbocycles. The van der Waals surface area contributed by atoms with Gasteiger partial charge < -0.3 is 4.74 Å². The molecule has 0 saturated heterocycles. The fraction of sp³-hybridized carbons (Fsp3) is 0.0667. The summed E-state index contributed by atoms with van der Waals surface area (Å²) in [5.41, 5.74) is 3.49. The molecule has 0 aliphatic rings. The van der Waals surface area contributed by atoms with Crippen molar-refractivity contribution in [1.82, 2.24) is 5.43 Å². The molecule has 0 aromatic heterocycles. The Bertz CT molecular complexity index is 718. The molecule has 2 aromatic rings. The molecule has 0 radical (unpaired) electrons. The summed E-state index contributed by atoms with van der Waals surface area (Å²) in [6.07, 6.45) is 1.42. The van der Waals surface area contributed by atoms with E-state index >= 15 is 0 Å². The molecule has 114 valence electrons. The predicted octanol–water partition coefficient (Wildman–Crippen LogP) is 4.53. The molecule has 2 rings (SSSR count). The molecule has 0 bridgehead atoms. The first kappa shape index (κ1) is 16.8. The van der Waals surface area contributed by atoms with Gasteiger partial charge in [-0.3, -0.25) is 4.79 Å². The number of hydrazone groups is 1. The minimum Gasteiger partial charge on any atom is -0.495 e. The van der Waals surface area contributed by atoms with E-state index in [2.05, 4.69) is 26.5 Å². The number of ether oxygens (including phenoxy) is 1. The highest BCUT2D eigenvalue weighted by molar-refractivity contribution is 9.10. The van der Waals surface area contributed by atoms with Crippen LogP contribution in [0.2, 0.25) is 10.0 Å². The lowest BCUT2D eigenvalue weighted by atomic mass is 10.2. The van der Waals surface area contributed by atoms with Crippen molar-refractivity contribution in [3.8, 4) is 5.75 Å². The molecule has 0 spiro atoms. The zero-order valence-electron chi connectivity index (χ0n) is 11.4. The standard InChI is InChI=1S/C15H11BrCl2N2O2/c1-22-14-10(6-12(17)7-13(14)18)8-19-20-15(21)9-2-4-11(16)5-3-9/h2-8H,1H3,(H,20,21)/b19-8-. The fourth-order valence-corrected chi connectivity index (χ4v) is 2.57. The third kappa shape index (κ3) is 4.22. The number of hydrogen-bond acceptors (Lipinski definition) is 3. The average molecular weight is 402 g/mol. The predicted molar refractivity (Wildman–Crippen MR) is 92.2 cm³/mol. The van der Waals surface area contributed by atoms with Crippen LogP contribution < -0.4 is 10.2 Å². The first-order chi connectivity index (χ1) is 10.5. The second-order valence-electron chi connectivity index (χ2n) is 4.22. The van der Waals surface area contributed by atoms with Crippen LogP contribution >= 0.6 is 39.1 Å². The Hall–Kier alpha value is -1.56. The van der Waals surface area contributed by atoms with Crippen LogP contribution in [-0.2, 0) is 0 Å². The van der Waals surface area contributed by atoms with Gasteiger partial charge in [-0.2, -0.15) is 5.10 Å². The first-order valence-corrected chi connectivity index (χ1v) is 7.68. The molecule has 0 unspecified atom stereocenters. The summed E-state index contributed by atoms with van der Waals surface area (Å²) in [5, 5.41) is 4.72. The number of halogens is 3. The van der Waals surface area contributed by atoms with Gasteiger partial charge >= 0.3 is 0 Å². The van der Waals surface area contributed by atoms with Crippen molar-refractivity contribution in [2.75, 3.05) is 7.11 Å². The Morgan fingerprint density at radius 3 is 2.59 bits per heavy atom. The molecule has 1 amide bonds. The molecule has 0 saturated carbocycles. The number of benzene rings is 2. The van der Waals surface area contributed by atoms with Gasteiger partial charge in [0.25, 0.3) is 5.91 Å². The largest absolute Gasteiger partial charge is 0.495 e. The lowest BCUT2D eigenvalue weighted by Gasteiger charge is -2.07. The zero-order valence-corrected chi connectivity index (χ0v) is 14.5. The Morgan fingerprint density at radius 2 is 1.95 bits per heavy atom. The zero-order chi connectivity index (χ0) is 16.1. The van der Waals surface area contributed by atoms with E-state index < -0.39 is 0 Å². The molecule has 0 heterocycles. The van der Waals surface area contributed by atoms with Gasteiger partial charge in [0.15, 0.2) is 0 Å². The summed E-state index contributed by atoms with van der Waals surface area (Å²) in [6.45, 7) is 0. The van der Waals surface area contributed by atoms with Crippen LogP contribution in [-0.4, -0.2) is 19.2 Å². The quantitative estimate of drug-likeness (QED) is 0.604. The third-order valence-corrected chi connectivity index (χ3v) is 3.75. The van der Waals surface area contributed by atoms with Crippen LogP contribution in [0.5, 0.6) is 5.75 Å². The summed E-state index contributed by atoms with van der Waals surface area (Å²) in [7, 11) is 1.49. The maximum Gasteiger partial charge on any atom is 0.271 e. The van der Waals surface area contributed by atoms with Gasteiger partial charge in [-0.25, -0.2) is 5.43 Å². The number of carbonyl (C=O) groups is 1. The number of hydrogen-bond donors (Lipinski definition) is 1. The van der Waals surface area contributed by atoms with E-state index in [4.69, 9.17) is 27.9 Å². The average Bonchev–Trinajstić information content (AvgIpc) is 2.47. The number of carbonyl (C=O) groups excluding carboxylic acids is 1.